The summed E-state index contributed by atoms with van der Waals surface area (Å²) in [5.74, 6) is -0.342. The van der Waals surface area contributed by atoms with Gasteiger partial charge in [0.2, 0.25) is 5.91 Å². The molecule has 26 heavy (non-hydrogen) atoms. The van der Waals surface area contributed by atoms with E-state index in [1.807, 2.05) is 37.3 Å². The molecule has 2 aliphatic heterocycles. The average Bonchev–Trinajstić information content (AvgIpc) is 2.64. The number of hydrogen-bond acceptors (Lipinski definition) is 5. The fourth-order valence-corrected chi connectivity index (χ4v) is 4.42. The highest BCUT2D eigenvalue weighted by molar-refractivity contribution is 9.09. The zero-order valence-corrected chi connectivity index (χ0v) is 16.6. The second kappa shape index (κ2) is 8.26. The Labute approximate surface area is 164 Å². The van der Waals surface area contributed by atoms with E-state index in [0.717, 1.165) is 11.1 Å². The molecule has 1 saturated heterocycles. The summed E-state index contributed by atoms with van der Waals surface area (Å²) < 4.78 is 5.16. The summed E-state index contributed by atoms with van der Waals surface area (Å²) in [5.41, 5.74) is 2.01. The maximum absolute atomic E-state index is 12.6. The van der Waals surface area contributed by atoms with Crippen LogP contribution in [0.2, 0.25) is 0 Å². The number of β-lactam (4-membered cyclic amide) rings is 1. The van der Waals surface area contributed by atoms with Crippen LogP contribution < -0.4 is 5.32 Å². The lowest BCUT2D eigenvalue weighted by Crippen LogP contribution is -2.70. The summed E-state index contributed by atoms with van der Waals surface area (Å²) >= 11 is 4.75. The van der Waals surface area contributed by atoms with E-state index in [-0.39, 0.29) is 30.2 Å². The quantitative estimate of drug-likeness (QED) is 0.416. The Kier molecular flexibility index (Phi) is 6.03. The topological polar surface area (TPSA) is 75.7 Å². The summed E-state index contributed by atoms with van der Waals surface area (Å²) in [7, 11) is 0. The maximum atomic E-state index is 12.6. The van der Waals surface area contributed by atoms with Crippen LogP contribution in [0.1, 0.15) is 12.5 Å². The van der Waals surface area contributed by atoms with Crippen LogP contribution in [0.15, 0.2) is 41.6 Å². The van der Waals surface area contributed by atoms with Gasteiger partial charge in [0.15, 0.2) is 0 Å². The van der Waals surface area contributed by atoms with E-state index in [9.17, 15) is 14.4 Å². The SMILES string of the molecule is CC1=C(C(=O)OCCBr)N2C(=O)C(NC(=O)Cc3ccccc3)[C@@H]2SC1. The highest BCUT2D eigenvalue weighted by Crippen LogP contribution is 2.40. The molecule has 138 valence electrons. The first-order chi connectivity index (χ1) is 12.5. The molecule has 0 bridgehead atoms. The van der Waals surface area contributed by atoms with Crippen molar-refractivity contribution in [3.8, 4) is 0 Å². The Morgan fingerprint density at radius 1 is 1.35 bits per heavy atom. The molecule has 2 atom stereocenters. The van der Waals surface area contributed by atoms with Gasteiger partial charge in [0.05, 0.1) is 6.42 Å². The van der Waals surface area contributed by atoms with E-state index < -0.39 is 12.0 Å². The standard InChI is InChI=1S/C18H19BrN2O4S/c1-11-10-26-17-14(20-13(22)9-12-5-3-2-4-6-12)16(23)21(17)15(11)18(24)25-8-7-19/h2-6,14,17H,7-10H2,1H3,(H,20,22)/t14?,17-/m0/s1. The number of alkyl halides is 1. The zero-order chi connectivity index (χ0) is 18.7. The normalized spacial score (nSPS) is 21.8. The number of carbonyl (C=O) groups is 3. The Hall–Kier alpha value is -1.80. The average molecular weight is 439 g/mol. The second-order valence-corrected chi connectivity index (χ2v) is 7.97. The van der Waals surface area contributed by atoms with Gasteiger partial charge in [-0.05, 0) is 18.1 Å². The Morgan fingerprint density at radius 2 is 2.08 bits per heavy atom. The van der Waals surface area contributed by atoms with Crippen LogP contribution in [0.3, 0.4) is 0 Å². The minimum Gasteiger partial charge on any atom is -0.460 e. The Morgan fingerprint density at radius 3 is 2.77 bits per heavy atom. The molecule has 0 radical (unpaired) electrons. The van der Waals surface area contributed by atoms with Crippen LogP contribution in [-0.2, 0) is 25.5 Å². The van der Waals surface area contributed by atoms with Crippen LogP contribution in [0.4, 0.5) is 0 Å². The molecule has 1 aromatic rings. The molecule has 8 heteroatoms. The van der Waals surface area contributed by atoms with Crippen molar-refractivity contribution in [1.82, 2.24) is 10.2 Å². The van der Waals surface area contributed by atoms with Crippen molar-refractivity contribution in [2.24, 2.45) is 0 Å². The van der Waals surface area contributed by atoms with Crippen molar-refractivity contribution in [2.45, 2.75) is 24.8 Å². The predicted molar refractivity (Wildman–Crippen MR) is 103 cm³/mol. The lowest BCUT2D eigenvalue weighted by molar-refractivity contribution is -0.152. The molecule has 0 aromatic heterocycles. The molecule has 0 saturated carbocycles. The van der Waals surface area contributed by atoms with E-state index in [1.54, 1.807) is 11.8 Å². The maximum Gasteiger partial charge on any atom is 0.355 e. The number of nitrogens with zero attached hydrogens (tertiary/aromatic N) is 1. The first-order valence-electron chi connectivity index (χ1n) is 8.23. The number of thioether (sulfide) groups is 1. The molecule has 1 aromatic carbocycles. The molecular weight excluding hydrogens is 420 g/mol. The van der Waals surface area contributed by atoms with E-state index in [0.29, 0.717) is 16.8 Å². The van der Waals surface area contributed by atoms with Gasteiger partial charge in [-0.15, -0.1) is 11.8 Å². The number of carbonyl (C=O) groups excluding carboxylic acids is 3. The largest absolute Gasteiger partial charge is 0.460 e. The number of ether oxygens (including phenoxy) is 1. The summed E-state index contributed by atoms with van der Waals surface area (Å²) in [6.45, 7) is 2.06. The van der Waals surface area contributed by atoms with Crippen molar-refractivity contribution in [3.63, 3.8) is 0 Å². The molecule has 6 nitrogen and oxygen atoms in total. The number of amides is 2. The van der Waals surface area contributed by atoms with E-state index >= 15 is 0 Å². The van der Waals surface area contributed by atoms with Gasteiger partial charge in [-0.3, -0.25) is 14.5 Å². The van der Waals surface area contributed by atoms with Crippen LogP contribution >= 0.6 is 27.7 Å². The third-order valence-electron chi connectivity index (χ3n) is 4.19. The molecule has 0 aliphatic carbocycles. The van der Waals surface area contributed by atoms with Crippen molar-refractivity contribution in [1.29, 1.82) is 0 Å². The number of hydrogen-bond donors (Lipinski definition) is 1. The predicted octanol–water partition coefficient (Wildman–Crippen LogP) is 1.84. The minimum atomic E-state index is -0.608. The zero-order valence-electron chi connectivity index (χ0n) is 14.2. The van der Waals surface area contributed by atoms with Crippen molar-refractivity contribution >= 4 is 45.5 Å². The molecule has 3 rings (SSSR count). The van der Waals surface area contributed by atoms with Gasteiger partial charge in [-0.25, -0.2) is 4.79 Å². The molecule has 1 N–H and O–H groups in total. The lowest BCUT2D eigenvalue weighted by atomic mass is 10.0. The van der Waals surface area contributed by atoms with E-state index in [2.05, 4.69) is 21.2 Å². The third kappa shape index (κ3) is 3.81. The van der Waals surface area contributed by atoms with Crippen LogP contribution in [0, 0.1) is 0 Å². The molecule has 2 aliphatic rings. The third-order valence-corrected chi connectivity index (χ3v) is 5.93. The second-order valence-electron chi connectivity index (χ2n) is 6.07. The Bertz CT molecular complexity index is 753. The van der Waals surface area contributed by atoms with E-state index in [1.165, 1.54) is 4.90 Å². The summed E-state index contributed by atoms with van der Waals surface area (Å²) in [5, 5.41) is 3.07. The van der Waals surface area contributed by atoms with Crippen LogP contribution in [0.5, 0.6) is 0 Å². The van der Waals surface area contributed by atoms with Gasteiger partial charge in [0, 0.05) is 11.1 Å². The summed E-state index contributed by atoms with van der Waals surface area (Å²) in [6, 6.07) is 8.76. The lowest BCUT2D eigenvalue weighted by Gasteiger charge is -2.49. The van der Waals surface area contributed by atoms with Gasteiger partial charge in [0.25, 0.3) is 5.91 Å². The van der Waals surface area contributed by atoms with E-state index in [4.69, 9.17) is 4.74 Å². The fourth-order valence-electron chi connectivity index (χ4n) is 2.97. The van der Waals surface area contributed by atoms with Gasteiger partial charge in [-0.1, -0.05) is 46.3 Å². The fraction of sp³-hybridized carbons (Fsp3) is 0.389. The summed E-state index contributed by atoms with van der Waals surface area (Å²) in [4.78, 5) is 38.6. The van der Waals surface area contributed by atoms with Gasteiger partial charge < -0.3 is 10.1 Å². The van der Waals surface area contributed by atoms with Crippen LogP contribution in [-0.4, -0.2) is 51.8 Å². The molecular formula is C18H19BrN2O4S. The smallest absolute Gasteiger partial charge is 0.355 e. The Balaban J connectivity index is 1.65. The molecule has 1 unspecified atom stereocenters. The number of nitrogens with one attached hydrogen (secondary N) is 1. The number of benzene rings is 1. The first-order valence-corrected chi connectivity index (χ1v) is 10.4. The minimum absolute atomic E-state index is 0.204. The first kappa shape index (κ1) is 19.0. The summed E-state index contributed by atoms with van der Waals surface area (Å²) in [6.07, 6.45) is 0.219. The van der Waals surface area contributed by atoms with Crippen molar-refractivity contribution in [2.75, 3.05) is 17.7 Å². The molecule has 2 heterocycles. The van der Waals surface area contributed by atoms with Crippen molar-refractivity contribution < 1.29 is 19.1 Å². The monoisotopic (exact) mass is 438 g/mol. The number of rotatable bonds is 6. The number of halogens is 1. The molecule has 1 fully saturated rings. The highest BCUT2D eigenvalue weighted by Gasteiger charge is 2.53. The highest BCUT2D eigenvalue weighted by atomic mass is 79.9. The number of fused-ring (bicyclic) bond motifs is 1. The van der Waals surface area contributed by atoms with Crippen LogP contribution in [0.25, 0.3) is 0 Å². The number of esters is 1. The van der Waals surface area contributed by atoms with Gasteiger partial charge in [0.1, 0.15) is 23.7 Å². The van der Waals surface area contributed by atoms with Crippen molar-refractivity contribution in [3.05, 3.63) is 47.2 Å². The van der Waals surface area contributed by atoms with Gasteiger partial charge >= 0.3 is 5.97 Å². The molecule has 0 spiro atoms. The molecule has 2 amide bonds. The van der Waals surface area contributed by atoms with Gasteiger partial charge in [-0.2, -0.15) is 0 Å².